The smallest absolute Gasteiger partial charge is 0.352 e. The minimum atomic E-state index is -0.951. The summed E-state index contributed by atoms with van der Waals surface area (Å²) in [5.74, 6) is -1.25. The molecule has 2 aromatic heterocycles. The van der Waals surface area contributed by atoms with Crippen LogP contribution in [0.2, 0.25) is 0 Å². The summed E-state index contributed by atoms with van der Waals surface area (Å²) in [6, 6.07) is 9.79. The number of hydrogen-bond donors (Lipinski definition) is 1. The van der Waals surface area contributed by atoms with Crippen molar-refractivity contribution in [3.8, 4) is 0 Å². The van der Waals surface area contributed by atoms with E-state index in [1.165, 1.54) is 12.1 Å². The topological polar surface area (TPSA) is 42.2 Å². The third kappa shape index (κ3) is 2.20. The Bertz CT molecular complexity index is 786. The molecule has 3 nitrogen and oxygen atoms in total. The van der Waals surface area contributed by atoms with E-state index in [0.29, 0.717) is 6.54 Å². The molecule has 1 N–H and O–H groups in total. The second-order valence-corrected chi connectivity index (χ2v) is 5.94. The van der Waals surface area contributed by atoms with Gasteiger partial charge in [-0.1, -0.05) is 12.1 Å². The Kier molecular flexibility index (Phi) is 3.06. The van der Waals surface area contributed by atoms with Gasteiger partial charge in [-0.3, -0.25) is 0 Å². The van der Waals surface area contributed by atoms with Crippen LogP contribution in [0.3, 0.4) is 0 Å². The van der Waals surface area contributed by atoms with E-state index in [-0.39, 0.29) is 11.5 Å². The number of nitrogens with zero attached hydrogens (tertiary/aromatic N) is 1. The van der Waals surface area contributed by atoms with Gasteiger partial charge in [0.15, 0.2) is 0 Å². The molecule has 0 saturated carbocycles. The van der Waals surface area contributed by atoms with Crippen molar-refractivity contribution in [2.24, 2.45) is 0 Å². The van der Waals surface area contributed by atoms with Crippen LogP contribution in [0.4, 0.5) is 4.39 Å². The van der Waals surface area contributed by atoms with Crippen molar-refractivity contribution in [1.29, 1.82) is 0 Å². The molecule has 102 valence electrons. The van der Waals surface area contributed by atoms with Crippen molar-refractivity contribution >= 4 is 27.5 Å². The number of halogens is 1. The summed E-state index contributed by atoms with van der Waals surface area (Å²) in [6.45, 7) is 2.41. The lowest BCUT2D eigenvalue weighted by atomic mass is 10.2. The molecule has 3 aromatic rings. The maximum atomic E-state index is 12.9. The van der Waals surface area contributed by atoms with Crippen molar-refractivity contribution in [3.05, 3.63) is 58.3 Å². The van der Waals surface area contributed by atoms with Crippen molar-refractivity contribution in [2.75, 3.05) is 0 Å². The molecule has 0 unspecified atom stereocenters. The Morgan fingerprint density at radius 3 is 2.65 bits per heavy atom. The van der Waals surface area contributed by atoms with Gasteiger partial charge in [0.2, 0.25) is 0 Å². The number of hydrogen-bond acceptors (Lipinski definition) is 2. The molecule has 0 saturated heterocycles. The highest BCUT2D eigenvalue weighted by atomic mass is 32.1. The Morgan fingerprint density at radius 2 is 2.00 bits per heavy atom. The predicted octanol–water partition coefficient (Wildman–Crippen LogP) is 3.90. The zero-order valence-corrected chi connectivity index (χ0v) is 11.6. The highest BCUT2D eigenvalue weighted by molar-refractivity contribution is 7.19. The number of carboxylic acids is 1. The number of thiophene rings is 1. The van der Waals surface area contributed by atoms with Crippen LogP contribution in [0.5, 0.6) is 0 Å². The summed E-state index contributed by atoms with van der Waals surface area (Å²) in [6.07, 6.45) is 0. The number of aromatic carboxylic acids is 1. The van der Waals surface area contributed by atoms with Gasteiger partial charge in [0.05, 0.1) is 10.2 Å². The van der Waals surface area contributed by atoms with Gasteiger partial charge >= 0.3 is 5.97 Å². The van der Waals surface area contributed by atoms with Gasteiger partial charge in [-0.15, -0.1) is 11.3 Å². The quantitative estimate of drug-likeness (QED) is 0.794. The van der Waals surface area contributed by atoms with E-state index in [9.17, 15) is 14.3 Å². The molecular formula is C15H12FNO2S. The summed E-state index contributed by atoms with van der Waals surface area (Å²) in [7, 11) is 0. The van der Waals surface area contributed by atoms with Crippen LogP contribution >= 0.6 is 11.3 Å². The summed E-state index contributed by atoms with van der Waals surface area (Å²) in [5, 5.41) is 9.30. The Balaban J connectivity index is 2.10. The Morgan fingerprint density at radius 1 is 1.30 bits per heavy atom. The van der Waals surface area contributed by atoms with Crippen LogP contribution in [-0.4, -0.2) is 15.6 Å². The molecule has 0 bridgehead atoms. The lowest BCUT2D eigenvalue weighted by Crippen LogP contribution is -2.09. The summed E-state index contributed by atoms with van der Waals surface area (Å²) in [4.78, 5) is 12.5. The van der Waals surface area contributed by atoms with E-state index in [2.05, 4.69) is 0 Å². The van der Waals surface area contributed by atoms with Gasteiger partial charge in [0.1, 0.15) is 11.5 Å². The number of rotatable bonds is 3. The molecular weight excluding hydrogens is 277 g/mol. The van der Waals surface area contributed by atoms with E-state index in [4.69, 9.17) is 0 Å². The van der Waals surface area contributed by atoms with E-state index in [1.54, 1.807) is 34.1 Å². The molecule has 20 heavy (non-hydrogen) atoms. The average molecular weight is 289 g/mol. The molecule has 3 rings (SSSR count). The third-order valence-corrected chi connectivity index (χ3v) is 4.17. The third-order valence-electron chi connectivity index (χ3n) is 3.19. The molecule has 0 amide bonds. The standard InChI is InChI=1S/C15H12FNO2S/c1-9-6-12-14(20-9)7-13(15(18)19)17(12)8-10-2-4-11(16)5-3-10/h2-7H,8H2,1H3,(H,18,19). The van der Waals surface area contributed by atoms with Crippen LogP contribution in [0.15, 0.2) is 36.4 Å². The zero-order chi connectivity index (χ0) is 14.3. The van der Waals surface area contributed by atoms with Crippen LogP contribution < -0.4 is 0 Å². The van der Waals surface area contributed by atoms with E-state index >= 15 is 0 Å². The maximum Gasteiger partial charge on any atom is 0.352 e. The molecule has 2 heterocycles. The SMILES string of the molecule is Cc1cc2c(cc(C(=O)O)n2Cc2ccc(F)cc2)s1. The van der Waals surface area contributed by atoms with E-state index in [0.717, 1.165) is 20.7 Å². The first-order chi connectivity index (χ1) is 9.54. The fraction of sp³-hybridized carbons (Fsp3) is 0.133. The van der Waals surface area contributed by atoms with Gasteiger partial charge < -0.3 is 9.67 Å². The molecule has 5 heteroatoms. The first kappa shape index (κ1) is 12.9. The number of carboxylic acid groups (broad SMARTS) is 1. The molecule has 0 spiro atoms. The fourth-order valence-corrected chi connectivity index (χ4v) is 3.25. The molecule has 0 fully saturated rings. The van der Waals surface area contributed by atoms with Crippen LogP contribution in [0.25, 0.3) is 10.2 Å². The summed E-state index contributed by atoms with van der Waals surface area (Å²) in [5.41, 5.74) is 2.04. The highest BCUT2D eigenvalue weighted by Gasteiger charge is 2.16. The fourth-order valence-electron chi connectivity index (χ4n) is 2.28. The van der Waals surface area contributed by atoms with Crippen molar-refractivity contribution < 1.29 is 14.3 Å². The first-order valence-electron chi connectivity index (χ1n) is 6.12. The molecule has 0 radical (unpaired) electrons. The number of aryl methyl sites for hydroxylation is 1. The number of benzene rings is 1. The van der Waals surface area contributed by atoms with Crippen LogP contribution in [0.1, 0.15) is 20.9 Å². The summed E-state index contributed by atoms with van der Waals surface area (Å²) < 4.78 is 15.6. The Labute approximate surface area is 118 Å². The highest BCUT2D eigenvalue weighted by Crippen LogP contribution is 2.29. The molecule has 1 aromatic carbocycles. The average Bonchev–Trinajstić information content (AvgIpc) is 2.90. The Hall–Kier alpha value is -2.14. The van der Waals surface area contributed by atoms with Crippen LogP contribution in [0, 0.1) is 12.7 Å². The normalized spacial score (nSPS) is 11.1. The molecule has 0 aliphatic heterocycles. The monoisotopic (exact) mass is 289 g/mol. The van der Waals surface area contributed by atoms with Crippen molar-refractivity contribution in [3.63, 3.8) is 0 Å². The van der Waals surface area contributed by atoms with Crippen molar-refractivity contribution in [1.82, 2.24) is 4.57 Å². The molecule has 0 atom stereocenters. The van der Waals surface area contributed by atoms with Gasteiger partial charge in [0, 0.05) is 11.4 Å². The van der Waals surface area contributed by atoms with Crippen LogP contribution in [-0.2, 0) is 6.54 Å². The van der Waals surface area contributed by atoms with Gasteiger partial charge in [0.25, 0.3) is 0 Å². The minimum absolute atomic E-state index is 0.260. The van der Waals surface area contributed by atoms with E-state index < -0.39 is 5.97 Å². The largest absolute Gasteiger partial charge is 0.477 e. The lowest BCUT2D eigenvalue weighted by molar-refractivity contribution is 0.0686. The zero-order valence-electron chi connectivity index (χ0n) is 10.8. The van der Waals surface area contributed by atoms with E-state index in [1.807, 2.05) is 13.0 Å². The number of carbonyl (C=O) groups is 1. The minimum Gasteiger partial charge on any atom is -0.477 e. The second kappa shape index (κ2) is 4.76. The van der Waals surface area contributed by atoms with Gasteiger partial charge in [-0.2, -0.15) is 0 Å². The van der Waals surface area contributed by atoms with Gasteiger partial charge in [-0.25, -0.2) is 9.18 Å². The lowest BCUT2D eigenvalue weighted by Gasteiger charge is -2.07. The number of fused-ring (bicyclic) bond motifs is 1. The predicted molar refractivity (Wildman–Crippen MR) is 77.0 cm³/mol. The maximum absolute atomic E-state index is 12.9. The second-order valence-electron chi connectivity index (χ2n) is 4.65. The van der Waals surface area contributed by atoms with Crippen molar-refractivity contribution in [2.45, 2.75) is 13.5 Å². The van der Waals surface area contributed by atoms with Gasteiger partial charge in [-0.05, 0) is 36.8 Å². The number of aromatic nitrogens is 1. The molecule has 0 aliphatic carbocycles. The molecule has 0 aliphatic rings. The summed E-state index contributed by atoms with van der Waals surface area (Å²) >= 11 is 1.57. The first-order valence-corrected chi connectivity index (χ1v) is 6.93.